The average Bonchev–Trinajstić information content (AvgIpc) is 2.31. The van der Waals surface area contributed by atoms with Crippen LogP contribution >= 0.6 is 0 Å². The van der Waals surface area contributed by atoms with E-state index >= 15 is 0 Å². The van der Waals surface area contributed by atoms with Gasteiger partial charge in [-0.1, -0.05) is 19.3 Å². The molecule has 1 aromatic heterocycles. The van der Waals surface area contributed by atoms with Gasteiger partial charge in [0.25, 0.3) is 0 Å². The third-order valence-electron chi connectivity index (χ3n) is 3.94. The van der Waals surface area contributed by atoms with Crippen LogP contribution in [0.3, 0.4) is 0 Å². The first kappa shape index (κ1) is 17.9. The number of piperidine rings is 1. The van der Waals surface area contributed by atoms with Crippen LogP contribution in [0.2, 0.25) is 0 Å². The molecule has 0 aliphatic carbocycles. The van der Waals surface area contributed by atoms with E-state index in [9.17, 15) is 0 Å². The van der Waals surface area contributed by atoms with Crippen molar-refractivity contribution in [1.82, 2.24) is 9.88 Å². The van der Waals surface area contributed by atoms with Gasteiger partial charge in [0.1, 0.15) is 0 Å². The van der Waals surface area contributed by atoms with Crippen LogP contribution < -0.4 is 0 Å². The number of hydrogen-bond acceptors (Lipinski definition) is 2. The Labute approximate surface area is 128 Å². The van der Waals surface area contributed by atoms with E-state index in [1.165, 1.54) is 31.5 Å². The summed E-state index contributed by atoms with van der Waals surface area (Å²) >= 11 is 0. The quantitative estimate of drug-likeness (QED) is 0.597. The fourth-order valence-electron chi connectivity index (χ4n) is 2.50. The van der Waals surface area contributed by atoms with Crippen LogP contribution in [-0.2, 0) is 5.41 Å². The zero-order valence-electron chi connectivity index (χ0n) is 12.2. The smallest absolute Gasteiger partial charge is 0.394 e. The third kappa shape index (κ3) is 3.94. The summed E-state index contributed by atoms with van der Waals surface area (Å²) in [4.78, 5) is 6.68. The molecule has 1 saturated heterocycles. The Morgan fingerprint density at radius 2 is 1.94 bits per heavy atom. The van der Waals surface area contributed by atoms with Gasteiger partial charge in [-0.2, -0.15) is 12.1 Å². The van der Waals surface area contributed by atoms with Gasteiger partial charge >= 0.3 is 23.1 Å². The Kier molecular flexibility index (Phi) is 7.41. The molecule has 0 atom stereocenters. The van der Waals surface area contributed by atoms with E-state index in [2.05, 4.69) is 42.9 Å². The molecular weight excluding hydrogens is 232 g/mol. The Morgan fingerprint density at radius 3 is 2.39 bits per heavy atom. The van der Waals surface area contributed by atoms with Crippen LogP contribution in [0.15, 0.2) is 18.3 Å². The van der Waals surface area contributed by atoms with Crippen molar-refractivity contribution in [3.8, 4) is 0 Å². The minimum absolute atomic E-state index is 0. The molecule has 18 heavy (non-hydrogen) atoms. The Hall–Kier alpha value is -0.124. The van der Waals surface area contributed by atoms with Crippen LogP contribution in [0.25, 0.3) is 0 Å². The second kappa shape index (κ2) is 7.46. The number of rotatable bonds is 2. The molecule has 1 aromatic rings. The molecule has 96 valence electrons. The summed E-state index contributed by atoms with van der Waals surface area (Å²) in [6, 6.07) is 4.76. The van der Waals surface area contributed by atoms with Crippen molar-refractivity contribution in [2.75, 3.05) is 13.1 Å². The molecule has 2 heterocycles. The number of pyridine rings is 1. The van der Waals surface area contributed by atoms with E-state index < -0.39 is 0 Å². The monoisotopic (exact) mass is 256 g/mol. The van der Waals surface area contributed by atoms with Crippen molar-refractivity contribution in [3.63, 3.8) is 0 Å². The van der Waals surface area contributed by atoms with Gasteiger partial charge in [-0.25, -0.2) is 0 Å². The predicted octanol–water partition coefficient (Wildman–Crippen LogP) is 2.71. The maximum absolute atomic E-state index is 4.12. The van der Waals surface area contributed by atoms with Gasteiger partial charge in [-0.05, 0) is 45.2 Å². The molecule has 0 unspecified atom stereocenters. The van der Waals surface area contributed by atoms with Crippen molar-refractivity contribution in [2.45, 2.75) is 45.1 Å². The molecule has 0 amide bonds. The van der Waals surface area contributed by atoms with Gasteiger partial charge < -0.3 is 17.3 Å². The van der Waals surface area contributed by atoms with Gasteiger partial charge in [-0.3, -0.25) is 0 Å². The normalized spacial score (nSPS) is 18.9. The Balaban J connectivity index is 0.00000144. The van der Waals surface area contributed by atoms with E-state index in [0.29, 0.717) is 11.5 Å². The molecule has 0 saturated carbocycles. The number of aromatic nitrogens is 1. The van der Waals surface area contributed by atoms with Crippen molar-refractivity contribution < 1.29 is 0 Å². The summed E-state index contributed by atoms with van der Waals surface area (Å²) in [5.74, 6) is 0. The zero-order valence-corrected chi connectivity index (χ0v) is 13.7. The first-order valence-electron chi connectivity index (χ1n) is 6.18. The van der Waals surface area contributed by atoms with E-state index in [-0.39, 0.29) is 30.5 Å². The van der Waals surface area contributed by atoms with Crippen LogP contribution in [0.4, 0.5) is 0 Å². The fraction of sp³-hybridized carbons (Fsp3) is 0.600. The van der Waals surface area contributed by atoms with E-state index in [0.717, 1.165) is 0 Å². The summed E-state index contributed by atoms with van der Waals surface area (Å²) in [6.07, 6.45) is 7.30. The Morgan fingerprint density at radius 1 is 1.33 bits per heavy atom. The van der Waals surface area contributed by atoms with Crippen LogP contribution in [0.5, 0.6) is 0 Å². The molecular formula is C15H24MgN2. The second-order valence-corrected chi connectivity index (χ2v) is 5.37. The summed E-state index contributed by atoms with van der Waals surface area (Å²) in [5.41, 5.74) is 1.68. The number of hydrogen-bond donors (Lipinski definition) is 0. The van der Waals surface area contributed by atoms with Crippen LogP contribution in [0.1, 0.15) is 39.2 Å². The maximum atomic E-state index is 4.12. The van der Waals surface area contributed by atoms with Gasteiger partial charge in [0.2, 0.25) is 0 Å². The number of likely N-dealkylation sites (tertiary alicyclic amines) is 1. The van der Waals surface area contributed by atoms with Crippen molar-refractivity contribution in [2.24, 2.45) is 0 Å². The molecule has 0 bridgehead atoms. The standard InChI is InChI=1S/C14H21N2.CH3.Mg/c1-12(2)16-9-6-14(3,7-10-16)13-5-4-8-15-11-13;;/h4-5,11-12H,6-7,9-10H2,1-3H3;1H3;/q2*-1;+2. The van der Waals surface area contributed by atoms with Crippen molar-refractivity contribution >= 4 is 23.1 Å². The van der Waals surface area contributed by atoms with Crippen molar-refractivity contribution in [3.05, 3.63) is 37.5 Å². The second-order valence-electron chi connectivity index (χ2n) is 5.37. The molecule has 0 spiro atoms. The van der Waals surface area contributed by atoms with E-state index in [4.69, 9.17) is 0 Å². The van der Waals surface area contributed by atoms with E-state index in [1.54, 1.807) is 0 Å². The molecule has 0 radical (unpaired) electrons. The maximum Gasteiger partial charge on any atom is 2.00 e. The van der Waals surface area contributed by atoms with Crippen LogP contribution in [-0.4, -0.2) is 52.1 Å². The fourth-order valence-corrected chi connectivity index (χ4v) is 2.50. The molecule has 1 aliphatic heterocycles. The predicted molar refractivity (Wildman–Crippen MR) is 78.5 cm³/mol. The molecule has 0 N–H and O–H groups in total. The largest absolute Gasteiger partial charge is 2.00 e. The van der Waals surface area contributed by atoms with E-state index in [1.807, 2.05) is 12.3 Å². The third-order valence-corrected chi connectivity index (χ3v) is 3.94. The van der Waals surface area contributed by atoms with Gasteiger partial charge in [0, 0.05) is 6.04 Å². The summed E-state index contributed by atoms with van der Waals surface area (Å²) < 4.78 is 0. The Bertz CT molecular complexity index is 330. The van der Waals surface area contributed by atoms with Gasteiger partial charge in [-0.15, -0.1) is 5.56 Å². The molecule has 2 nitrogen and oxygen atoms in total. The minimum Gasteiger partial charge on any atom is -0.394 e. The first-order chi connectivity index (χ1) is 7.62. The SMILES string of the molecule is CC(C)N1CCC(C)(c2cc[c-]nc2)CC1.[CH3-].[Mg+2]. The zero-order chi connectivity index (χ0) is 11.6. The first-order valence-corrected chi connectivity index (χ1v) is 6.18. The molecule has 0 aromatic carbocycles. The van der Waals surface area contributed by atoms with Gasteiger partial charge in [0.05, 0.1) is 0 Å². The topological polar surface area (TPSA) is 16.1 Å². The minimum atomic E-state index is 0. The molecule has 1 aliphatic rings. The van der Waals surface area contributed by atoms with Gasteiger partial charge in [0.15, 0.2) is 0 Å². The summed E-state index contributed by atoms with van der Waals surface area (Å²) in [5, 5.41) is 0. The molecule has 2 rings (SSSR count). The average molecular weight is 257 g/mol. The summed E-state index contributed by atoms with van der Waals surface area (Å²) in [7, 11) is 0. The number of nitrogens with zero attached hydrogens (tertiary/aromatic N) is 2. The molecule has 1 fully saturated rings. The van der Waals surface area contributed by atoms with Crippen LogP contribution in [0, 0.1) is 13.6 Å². The summed E-state index contributed by atoms with van der Waals surface area (Å²) in [6.45, 7) is 9.32. The van der Waals surface area contributed by atoms with Crippen molar-refractivity contribution in [1.29, 1.82) is 0 Å². The molecule has 3 heteroatoms.